The molecule has 1 saturated heterocycles. The van der Waals surface area contributed by atoms with Crippen molar-refractivity contribution in [3.8, 4) is 0 Å². The van der Waals surface area contributed by atoms with Gasteiger partial charge >= 0.3 is 0 Å². The molecule has 3 amide bonds. The Morgan fingerprint density at radius 1 is 1.04 bits per heavy atom. The summed E-state index contributed by atoms with van der Waals surface area (Å²) in [6.45, 7) is 5.84. The molecule has 0 aliphatic carbocycles. The van der Waals surface area contributed by atoms with E-state index in [0.29, 0.717) is 32.2 Å². The highest BCUT2D eigenvalue weighted by Crippen LogP contribution is 2.24. The second-order valence-electron chi connectivity index (χ2n) is 6.50. The Morgan fingerprint density at radius 3 is 2.12 bits per heavy atom. The van der Waals surface area contributed by atoms with Crippen molar-refractivity contribution in [1.82, 2.24) is 9.80 Å². The Balaban J connectivity index is 2.05. The van der Waals surface area contributed by atoms with Gasteiger partial charge in [-0.05, 0) is 26.0 Å². The number of halogens is 2. The number of anilines is 1. The fourth-order valence-electron chi connectivity index (χ4n) is 2.59. The fourth-order valence-corrected chi connectivity index (χ4v) is 2.59. The van der Waals surface area contributed by atoms with Crippen LogP contribution in [0.15, 0.2) is 18.2 Å². The third-order valence-electron chi connectivity index (χ3n) is 4.29. The van der Waals surface area contributed by atoms with E-state index in [9.17, 15) is 23.2 Å². The molecule has 25 heavy (non-hydrogen) atoms. The van der Waals surface area contributed by atoms with E-state index >= 15 is 0 Å². The van der Waals surface area contributed by atoms with Crippen molar-refractivity contribution in [2.75, 3.05) is 31.5 Å². The van der Waals surface area contributed by atoms with Crippen LogP contribution in [0, 0.1) is 17.0 Å². The summed E-state index contributed by atoms with van der Waals surface area (Å²) in [5.74, 6) is -2.82. The second-order valence-corrected chi connectivity index (χ2v) is 6.50. The molecule has 2 rings (SSSR count). The largest absolute Gasteiger partial charge is 0.339 e. The monoisotopic (exact) mass is 353 g/mol. The van der Waals surface area contributed by atoms with Gasteiger partial charge in [-0.2, -0.15) is 0 Å². The first-order chi connectivity index (χ1) is 11.6. The van der Waals surface area contributed by atoms with Gasteiger partial charge in [0.2, 0.25) is 17.7 Å². The van der Waals surface area contributed by atoms with Gasteiger partial charge in [0.25, 0.3) is 0 Å². The van der Waals surface area contributed by atoms with Crippen molar-refractivity contribution in [3.63, 3.8) is 0 Å². The van der Waals surface area contributed by atoms with Gasteiger partial charge in [0.1, 0.15) is 17.0 Å². The van der Waals surface area contributed by atoms with E-state index in [0.717, 1.165) is 12.1 Å². The third kappa shape index (κ3) is 4.12. The highest BCUT2D eigenvalue weighted by Gasteiger charge is 2.40. The lowest BCUT2D eigenvalue weighted by molar-refractivity contribution is -0.149. The summed E-state index contributed by atoms with van der Waals surface area (Å²) >= 11 is 0. The van der Waals surface area contributed by atoms with Crippen LogP contribution in [0.1, 0.15) is 20.8 Å². The molecule has 1 aliphatic heterocycles. The van der Waals surface area contributed by atoms with Crippen molar-refractivity contribution in [2.45, 2.75) is 20.8 Å². The van der Waals surface area contributed by atoms with Gasteiger partial charge < -0.3 is 15.1 Å². The van der Waals surface area contributed by atoms with Crippen LogP contribution >= 0.6 is 0 Å². The quantitative estimate of drug-likeness (QED) is 0.840. The number of carbonyl (C=O) groups is 3. The number of hydrogen-bond acceptors (Lipinski definition) is 3. The molecule has 0 atom stereocenters. The molecule has 1 aliphatic rings. The Labute approximate surface area is 144 Å². The summed E-state index contributed by atoms with van der Waals surface area (Å²) in [6.07, 6.45) is 0. The number of piperazine rings is 1. The fraction of sp³-hybridized carbons (Fsp3) is 0.471. The van der Waals surface area contributed by atoms with E-state index in [1.807, 2.05) is 0 Å². The first-order valence-electron chi connectivity index (χ1n) is 7.94. The summed E-state index contributed by atoms with van der Waals surface area (Å²) in [6, 6.07) is 2.79. The predicted molar refractivity (Wildman–Crippen MR) is 87.6 cm³/mol. The van der Waals surface area contributed by atoms with E-state index in [-0.39, 0.29) is 11.6 Å². The van der Waals surface area contributed by atoms with Gasteiger partial charge in [-0.1, -0.05) is 0 Å². The summed E-state index contributed by atoms with van der Waals surface area (Å²) in [5.41, 5.74) is -1.62. The Kier molecular flexibility index (Phi) is 5.39. The molecular weight excluding hydrogens is 332 g/mol. The number of hydrogen-bond donors (Lipinski definition) is 1. The van der Waals surface area contributed by atoms with Crippen molar-refractivity contribution >= 4 is 23.4 Å². The van der Waals surface area contributed by atoms with Crippen LogP contribution in [0.5, 0.6) is 0 Å². The maximum Gasteiger partial charge on any atom is 0.239 e. The van der Waals surface area contributed by atoms with Crippen LogP contribution in [0.4, 0.5) is 14.5 Å². The molecule has 1 N–H and O–H groups in total. The standard InChI is InChI=1S/C17H21F2N3O3/c1-11(23)21-6-8-22(9-7-21)16(25)17(2,3)15(24)20-14-5-4-12(18)10-13(14)19/h4-5,10H,6-9H2,1-3H3,(H,20,24). The molecule has 0 bridgehead atoms. The first kappa shape index (κ1) is 18.8. The molecule has 8 heteroatoms. The van der Waals surface area contributed by atoms with Crippen molar-refractivity contribution in [3.05, 3.63) is 29.8 Å². The van der Waals surface area contributed by atoms with Gasteiger partial charge in [-0.25, -0.2) is 8.78 Å². The molecule has 0 saturated carbocycles. The van der Waals surface area contributed by atoms with Gasteiger partial charge in [-0.15, -0.1) is 0 Å². The molecule has 1 fully saturated rings. The minimum Gasteiger partial charge on any atom is -0.339 e. The highest BCUT2D eigenvalue weighted by molar-refractivity contribution is 6.09. The lowest BCUT2D eigenvalue weighted by atomic mass is 9.89. The smallest absolute Gasteiger partial charge is 0.239 e. The number of nitrogens with zero attached hydrogens (tertiary/aromatic N) is 2. The Hall–Kier alpha value is -2.51. The number of benzene rings is 1. The number of nitrogens with one attached hydrogen (secondary N) is 1. The van der Waals surface area contributed by atoms with E-state index in [1.54, 1.807) is 4.90 Å². The van der Waals surface area contributed by atoms with Crippen LogP contribution in [0.25, 0.3) is 0 Å². The molecule has 136 valence electrons. The molecule has 1 aromatic carbocycles. The number of amides is 3. The SMILES string of the molecule is CC(=O)N1CCN(C(=O)C(C)(C)C(=O)Nc2ccc(F)cc2F)CC1. The molecule has 6 nitrogen and oxygen atoms in total. The van der Waals surface area contributed by atoms with Gasteiger partial charge in [-0.3, -0.25) is 14.4 Å². The lowest BCUT2D eigenvalue weighted by Gasteiger charge is -2.37. The zero-order chi connectivity index (χ0) is 18.8. The van der Waals surface area contributed by atoms with E-state index in [2.05, 4.69) is 5.32 Å². The zero-order valence-corrected chi connectivity index (χ0v) is 14.4. The minimum atomic E-state index is -1.43. The van der Waals surface area contributed by atoms with E-state index < -0.39 is 28.9 Å². The summed E-state index contributed by atoms with van der Waals surface area (Å²) in [4.78, 5) is 39.6. The maximum absolute atomic E-state index is 13.7. The average Bonchev–Trinajstić information content (AvgIpc) is 2.56. The van der Waals surface area contributed by atoms with E-state index in [4.69, 9.17) is 0 Å². The van der Waals surface area contributed by atoms with Gasteiger partial charge in [0.15, 0.2) is 0 Å². The molecule has 0 spiro atoms. The summed E-state index contributed by atoms with van der Waals surface area (Å²) < 4.78 is 26.6. The lowest BCUT2D eigenvalue weighted by Crippen LogP contribution is -2.55. The zero-order valence-electron chi connectivity index (χ0n) is 14.4. The normalized spacial score (nSPS) is 15.1. The minimum absolute atomic E-state index is 0.0594. The van der Waals surface area contributed by atoms with Crippen LogP contribution in [0.3, 0.4) is 0 Å². The summed E-state index contributed by atoms with van der Waals surface area (Å²) in [5, 5.41) is 2.33. The van der Waals surface area contributed by atoms with Crippen LogP contribution in [-0.4, -0.2) is 53.7 Å². The van der Waals surface area contributed by atoms with E-state index in [1.165, 1.54) is 25.7 Å². The maximum atomic E-state index is 13.7. The highest BCUT2D eigenvalue weighted by atomic mass is 19.1. The van der Waals surface area contributed by atoms with Gasteiger partial charge in [0, 0.05) is 39.2 Å². The predicted octanol–water partition coefficient (Wildman–Crippen LogP) is 1.62. The number of carbonyl (C=O) groups excluding carboxylic acids is 3. The van der Waals surface area contributed by atoms with Crippen LogP contribution in [0.2, 0.25) is 0 Å². The number of rotatable bonds is 3. The van der Waals surface area contributed by atoms with Crippen LogP contribution in [-0.2, 0) is 14.4 Å². The summed E-state index contributed by atoms with van der Waals surface area (Å²) in [7, 11) is 0. The molecule has 0 unspecified atom stereocenters. The average molecular weight is 353 g/mol. The van der Waals surface area contributed by atoms with Crippen molar-refractivity contribution in [1.29, 1.82) is 0 Å². The molecule has 0 aromatic heterocycles. The van der Waals surface area contributed by atoms with Crippen molar-refractivity contribution < 1.29 is 23.2 Å². The second kappa shape index (κ2) is 7.16. The molecule has 1 heterocycles. The first-order valence-corrected chi connectivity index (χ1v) is 7.94. The van der Waals surface area contributed by atoms with Gasteiger partial charge in [0.05, 0.1) is 5.69 Å². The third-order valence-corrected chi connectivity index (χ3v) is 4.29. The topological polar surface area (TPSA) is 69.7 Å². The molecule has 1 aromatic rings. The Morgan fingerprint density at radius 2 is 1.60 bits per heavy atom. The van der Waals surface area contributed by atoms with Crippen molar-refractivity contribution in [2.24, 2.45) is 5.41 Å². The van der Waals surface area contributed by atoms with Crippen LogP contribution < -0.4 is 5.32 Å². The molecule has 0 radical (unpaired) electrons. The molecular formula is C17H21F2N3O3. The Bertz CT molecular complexity index is 698.